The van der Waals surface area contributed by atoms with Crippen LogP contribution in [0.5, 0.6) is 11.5 Å². The van der Waals surface area contributed by atoms with Crippen molar-refractivity contribution in [1.29, 1.82) is 0 Å². The Morgan fingerprint density at radius 1 is 1.12 bits per heavy atom. The number of nitrogens with one attached hydrogen (secondary N) is 1. The summed E-state index contributed by atoms with van der Waals surface area (Å²) in [5, 5.41) is 3.83. The first-order valence-electron chi connectivity index (χ1n) is 8.30. The van der Waals surface area contributed by atoms with E-state index in [2.05, 4.69) is 5.32 Å². The second-order valence-electron chi connectivity index (χ2n) is 5.65. The fourth-order valence-electron chi connectivity index (χ4n) is 2.56. The summed E-state index contributed by atoms with van der Waals surface area (Å²) < 4.78 is 16.9. The monoisotopic (exact) mass is 339 g/mol. The zero-order chi connectivity index (χ0) is 17.6. The number of para-hydroxylation sites is 2. The third-order valence-corrected chi connectivity index (χ3v) is 3.74. The Labute approximate surface area is 146 Å². The van der Waals surface area contributed by atoms with Crippen LogP contribution in [0.1, 0.15) is 25.6 Å². The standard InChI is InChI=1S/C20H21NO4/c1-3-23-17-11-7-8-15-12-18(25-20(15)17)14(2)21-19(22)13-24-16-9-5-4-6-10-16/h4-12,14H,3,13H2,1-2H3,(H,21,22). The van der Waals surface area contributed by atoms with E-state index in [4.69, 9.17) is 13.9 Å². The third kappa shape index (κ3) is 4.12. The van der Waals surface area contributed by atoms with Crippen molar-refractivity contribution in [3.63, 3.8) is 0 Å². The molecule has 3 rings (SSSR count). The molecular weight excluding hydrogens is 318 g/mol. The summed E-state index contributed by atoms with van der Waals surface area (Å²) in [5.74, 6) is 1.84. The van der Waals surface area contributed by atoms with Crippen LogP contribution in [0.3, 0.4) is 0 Å². The van der Waals surface area contributed by atoms with Crippen molar-refractivity contribution in [1.82, 2.24) is 5.32 Å². The number of carbonyl (C=O) groups is 1. The van der Waals surface area contributed by atoms with Crippen molar-refractivity contribution in [3.8, 4) is 11.5 Å². The van der Waals surface area contributed by atoms with Crippen LogP contribution in [-0.2, 0) is 4.79 Å². The van der Waals surface area contributed by atoms with E-state index in [9.17, 15) is 4.79 Å². The zero-order valence-electron chi connectivity index (χ0n) is 14.3. The van der Waals surface area contributed by atoms with Gasteiger partial charge in [-0.3, -0.25) is 4.79 Å². The van der Waals surface area contributed by atoms with Gasteiger partial charge in [0.2, 0.25) is 0 Å². The maximum Gasteiger partial charge on any atom is 0.258 e. The van der Waals surface area contributed by atoms with Crippen LogP contribution >= 0.6 is 0 Å². The number of amides is 1. The van der Waals surface area contributed by atoms with E-state index in [1.807, 2.05) is 68.4 Å². The summed E-state index contributed by atoms with van der Waals surface area (Å²) in [5.41, 5.74) is 0.695. The van der Waals surface area contributed by atoms with Gasteiger partial charge in [0.05, 0.1) is 12.6 Å². The van der Waals surface area contributed by atoms with Gasteiger partial charge in [0.15, 0.2) is 17.9 Å². The first-order valence-corrected chi connectivity index (χ1v) is 8.30. The quantitative estimate of drug-likeness (QED) is 0.704. The Kier molecular flexibility index (Phi) is 5.23. The van der Waals surface area contributed by atoms with Gasteiger partial charge < -0.3 is 19.2 Å². The Morgan fingerprint density at radius 3 is 2.68 bits per heavy atom. The molecule has 1 amide bonds. The zero-order valence-corrected chi connectivity index (χ0v) is 14.3. The van der Waals surface area contributed by atoms with E-state index < -0.39 is 0 Å². The smallest absolute Gasteiger partial charge is 0.258 e. The van der Waals surface area contributed by atoms with Gasteiger partial charge in [-0.05, 0) is 38.1 Å². The molecule has 2 aromatic carbocycles. The molecule has 5 heteroatoms. The number of fused-ring (bicyclic) bond motifs is 1. The molecule has 0 saturated heterocycles. The minimum atomic E-state index is -0.270. The van der Waals surface area contributed by atoms with E-state index >= 15 is 0 Å². The predicted molar refractivity (Wildman–Crippen MR) is 95.9 cm³/mol. The molecule has 1 unspecified atom stereocenters. The van der Waals surface area contributed by atoms with Crippen LogP contribution in [0.25, 0.3) is 11.0 Å². The van der Waals surface area contributed by atoms with Crippen molar-refractivity contribution < 1.29 is 18.7 Å². The van der Waals surface area contributed by atoms with Crippen molar-refractivity contribution >= 4 is 16.9 Å². The molecule has 1 aromatic heterocycles. The molecule has 0 fully saturated rings. The highest BCUT2D eigenvalue weighted by atomic mass is 16.5. The van der Waals surface area contributed by atoms with E-state index in [0.29, 0.717) is 29.4 Å². The van der Waals surface area contributed by atoms with Crippen molar-refractivity contribution in [2.75, 3.05) is 13.2 Å². The lowest BCUT2D eigenvalue weighted by Gasteiger charge is -2.12. The number of rotatable bonds is 7. The molecule has 0 aliphatic heterocycles. The molecule has 0 aliphatic rings. The minimum Gasteiger partial charge on any atom is -0.490 e. The fraction of sp³-hybridized carbons (Fsp3) is 0.250. The molecule has 130 valence electrons. The second-order valence-corrected chi connectivity index (χ2v) is 5.65. The van der Waals surface area contributed by atoms with Gasteiger partial charge in [0.1, 0.15) is 11.5 Å². The van der Waals surface area contributed by atoms with E-state index in [-0.39, 0.29) is 18.6 Å². The molecule has 0 bridgehead atoms. The molecule has 1 heterocycles. The van der Waals surface area contributed by atoms with Crippen LogP contribution in [0.4, 0.5) is 0 Å². The molecule has 1 N–H and O–H groups in total. The fourth-order valence-corrected chi connectivity index (χ4v) is 2.56. The molecular formula is C20H21NO4. The Balaban J connectivity index is 1.64. The maximum atomic E-state index is 12.1. The highest BCUT2D eigenvalue weighted by Crippen LogP contribution is 2.31. The SMILES string of the molecule is CCOc1cccc2cc(C(C)NC(=O)COc3ccccc3)oc12. The van der Waals surface area contributed by atoms with Gasteiger partial charge in [-0.2, -0.15) is 0 Å². The average molecular weight is 339 g/mol. The Hall–Kier alpha value is -2.95. The average Bonchev–Trinajstić information content (AvgIpc) is 3.07. The van der Waals surface area contributed by atoms with Crippen LogP contribution in [0.2, 0.25) is 0 Å². The van der Waals surface area contributed by atoms with Gasteiger partial charge in [0.25, 0.3) is 5.91 Å². The lowest BCUT2D eigenvalue weighted by atomic mass is 10.2. The molecule has 0 saturated carbocycles. The number of benzene rings is 2. The summed E-state index contributed by atoms with van der Waals surface area (Å²) in [4.78, 5) is 12.1. The molecule has 0 aliphatic carbocycles. The maximum absolute atomic E-state index is 12.1. The molecule has 0 radical (unpaired) electrons. The molecule has 1 atom stereocenters. The van der Waals surface area contributed by atoms with E-state index in [1.165, 1.54) is 0 Å². The normalized spacial score (nSPS) is 11.9. The molecule has 3 aromatic rings. The summed E-state index contributed by atoms with van der Waals surface area (Å²) in [6, 6.07) is 16.6. The lowest BCUT2D eigenvalue weighted by Crippen LogP contribution is -2.31. The number of furan rings is 1. The van der Waals surface area contributed by atoms with Crippen LogP contribution < -0.4 is 14.8 Å². The van der Waals surface area contributed by atoms with Crippen molar-refractivity contribution in [2.45, 2.75) is 19.9 Å². The number of hydrogen-bond acceptors (Lipinski definition) is 4. The van der Waals surface area contributed by atoms with Crippen molar-refractivity contribution in [3.05, 3.63) is 60.4 Å². The van der Waals surface area contributed by atoms with Gasteiger partial charge in [-0.1, -0.05) is 30.3 Å². The molecule has 0 spiro atoms. The van der Waals surface area contributed by atoms with E-state index in [1.54, 1.807) is 0 Å². The highest BCUT2D eigenvalue weighted by molar-refractivity contribution is 5.84. The summed E-state index contributed by atoms with van der Waals surface area (Å²) >= 11 is 0. The van der Waals surface area contributed by atoms with Gasteiger partial charge >= 0.3 is 0 Å². The lowest BCUT2D eigenvalue weighted by molar-refractivity contribution is -0.123. The third-order valence-electron chi connectivity index (χ3n) is 3.74. The number of ether oxygens (including phenoxy) is 2. The Bertz CT molecular complexity index is 841. The Morgan fingerprint density at radius 2 is 1.92 bits per heavy atom. The first-order chi connectivity index (χ1) is 12.2. The number of hydrogen-bond donors (Lipinski definition) is 1. The van der Waals surface area contributed by atoms with Gasteiger partial charge in [0, 0.05) is 5.39 Å². The topological polar surface area (TPSA) is 60.7 Å². The molecule has 25 heavy (non-hydrogen) atoms. The number of carbonyl (C=O) groups excluding carboxylic acids is 1. The van der Waals surface area contributed by atoms with Crippen LogP contribution in [-0.4, -0.2) is 19.1 Å². The van der Waals surface area contributed by atoms with E-state index in [0.717, 1.165) is 5.39 Å². The van der Waals surface area contributed by atoms with Crippen molar-refractivity contribution in [2.24, 2.45) is 0 Å². The molecule has 5 nitrogen and oxygen atoms in total. The summed E-state index contributed by atoms with van der Waals surface area (Å²) in [6.45, 7) is 4.33. The summed E-state index contributed by atoms with van der Waals surface area (Å²) in [6.07, 6.45) is 0. The largest absolute Gasteiger partial charge is 0.490 e. The minimum absolute atomic E-state index is 0.0429. The van der Waals surface area contributed by atoms with Crippen LogP contribution in [0.15, 0.2) is 59.0 Å². The van der Waals surface area contributed by atoms with Gasteiger partial charge in [-0.15, -0.1) is 0 Å². The first kappa shape index (κ1) is 16.9. The second kappa shape index (κ2) is 7.75. The predicted octanol–water partition coefficient (Wildman–Crippen LogP) is 4.09. The highest BCUT2D eigenvalue weighted by Gasteiger charge is 2.16. The van der Waals surface area contributed by atoms with Gasteiger partial charge in [-0.25, -0.2) is 0 Å². The van der Waals surface area contributed by atoms with Crippen LogP contribution in [0, 0.1) is 0 Å². The summed E-state index contributed by atoms with van der Waals surface area (Å²) in [7, 11) is 0.